The molecular formula is C61H119NO5. The van der Waals surface area contributed by atoms with E-state index in [2.05, 4.69) is 31.3 Å². The van der Waals surface area contributed by atoms with E-state index in [9.17, 15) is 19.8 Å². The molecule has 3 N–H and O–H groups in total. The Balaban J connectivity index is 3.36. The Labute approximate surface area is 419 Å². The van der Waals surface area contributed by atoms with Gasteiger partial charge in [-0.15, -0.1) is 0 Å². The molecule has 6 nitrogen and oxygen atoms in total. The first-order valence-electron chi connectivity index (χ1n) is 30.4. The number of carbonyl (C=O) groups excluding carboxylic acids is 2. The van der Waals surface area contributed by atoms with Gasteiger partial charge in [0.15, 0.2) is 0 Å². The number of amides is 1. The predicted molar refractivity (Wildman–Crippen MR) is 292 cm³/mol. The Morgan fingerprint density at radius 1 is 0.403 bits per heavy atom. The number of esters is 1. The molecule has 0 aromatic rings. The second-order valence-corrected chi connectivity index (χ2v) is 21.0. The highest BCUT2D eigenvalue weighted by Crippen LogP contribution is 2.18. The second kappa shape index (κ2) is 57.2. The second-order valence-electron chi connectivity index (χ2n) is 21.0. The van der Waals surface area contributed by atoms with Gasteiger partial charge in [-0.1, -0.05) is 289 Å². The normalized spacial score (nSPS) is 12.6. The van der Waals surface area contributed by atoms with Gasteiger partial charge in [-0.05, 0) is 51.4 Å². The highest BCUT2D eigenvalue weighted by Gasteiger charge is 2.20. The number of ether oxygens (including phenoxy) is 1. The third-order valence-electron chi connectivity index (χ3n) is 14.3. The van der Waals surface area contributed by atoms with Crippen molar-refractivity contribution in [3.8, 4) is 0 Å². The van der Waals surface area contributed by atoms with Crippen LogP contribution in [0.5, 0.6) is 0 Å². The van der Waals surface area contributed by atoms with Crippen LogP contribution in [0.2, 0.25) is 0 Å². The molecule has 6 heteroatoms. The highest BCUT2D eigenvalue weighted by molar-refractivity contribution is 5.76. The molecule has 0 aromatic carbocycles. The summed E-state index contributed by atoms with van der Waals surface area (Å²) in [4.78, 5) is 24.5. The Hall–Kier alpha value is -1.40. The van der Waals surface area contributed by atoms with Crippen LogP contribution in [0, 0.1) is 0 Å². The average molecular weight is 947 g/mol. The highest BCUT2D eigenvalue weighted by atomic mass is 16.5. The zero-order chi connectivity index (χ0) is 48.6. The van der Waals surface area contributed by atoms with Crippen LogP contribution < -0.4 is 5.32 Å². The van der Waals surface area contributed by atoms with Gasteiger partial charge in [0.2, 0.25) is 5.91 Å². The average Bonchev–Trinajstić information content (AvgIpc) is 3.33. The van der Waals surface area contributed by atoms with Gasteiger partial charge in [0, 0.05) is 12.8 Å². The van der Waals surface area contributed by atoms with Crippen molar-refractivity contribution in [3.63, 3.8) is 0 Å². The topological polar surface area (TPSA) is 95.9 Å². The van der Waals surface area contributed by atoms with Crippen molar-refractivity contribution in [2.24, 2.45) is 0 Å². The molecule has 0 bridgehead atoms. The van der Waals surface area contributed by atoms with Crippen LogP contribution in [0.4, 0.5) is 0 Å². The summed E-state index contributed by atoms with van der Waals surface area (Å²) in [5.41, 5.74) is 0. The SMILES string of the molecule is CCCCCCCC/C=C\CCCCCCCC(=O)OCCCCCCCCCCCCCCCCCCCCCCCCC(=O)NC(CO)C(O)CCCCCCCCCCCCCCC. The lowest BCUT2D eigenvalue weighted by atomic mass is 10.0. The minimum absolute atomic E-state index is 0.00592. The Bertz CT molecular complexity index is 1000. The number of allylic oxidation sites excluding steroid dienone is 2. The van der Waals surface area contributed by atoms with Gasteiger partial charge in [0.1, 0.15) is 0 Å². The zero-order valence-corrected chi connectivity index (χ0v) is 45.4. The van der Waals surface area contributed by atoms with Crippen molar-refractivity contribution in [1.29, 1.82) is 0 Å². The fourth-order valence-electron chi connectivity index (χ4n) is 9.64. The van der Waals surface area contributed by atoms with Crippen LogP contribution in [0.3, 0.4) is 0 Å². The Kier molecular flexibility index (Phi) is 56.0. The first-order chi connectivity index (χ1) is 33.0. The number of rotatable bonds is 57. The largest absolute Gasteiger partial charge is 0.466 e. The van der Waals surface area contributed by atoms with E-state index in [-0.39, 0.29) is 18.5 Å². The summed E-state index contributed by atoms with van der Waals surface area (Å²) in [6.45, 7) is 4.96. The molecule has 0 aliphatic carbocycles. The third kappa shape index (κ3) is 53.8. The minimum Gasteiger partial charge on any atom is -0.466 e. The molecule has 67 heavy (non-hydrogen) atoms. The summed E-state index contributed by atoms with van der Waals surface area (Å²) in [6.07, 6.45) is 67.9. The third-order valence-corrected chi connectivity index (χ3v) is 14.3. The van der Waals surface area contributed by atoms with Crippen molar-refractivity contribution >= 4 is 11.9 Å². The summed E-state index contributed by atoms with van der Waals surface area (Å²) >= 11 is 0. The molecule has 0 radical (unpaired) electrons. The molecule has 0 saturated heterocycles. The molecule has 0 rings (SSSR count). The Morgan fingerprint density at radius 3 is 1.06 bits per heavy atom. The summed E-state index contributed by atoms with van der Waals surface area (Å²) in [5.74, 6) is -0.0278. The number of hydrogen-bond acceptors (Lipinski definition) is 5. The standard InChI is InChI=1S/C61H119NO5/c1-3-5-7-9-11-13-15-17-26-31-35-39-43-47-51-55-61(66)67-56-52-48-44-40-36-32-28-25-23-21-19-18-20-22-24-27-30-34-38-42-46-50-54-60(65)62-58(57-63)59(64)53-49-45-41-37-33-29-16-14-12-10-8-6-4-2/h17,26,58-59,63-64H,3-16,18-25,27-57H2,1-2H3,(H,62,65)/b26-17-. The molecule has 0 spiro atoms. The molecule has 1 amide bonds. The van der Waals surface area contributed by atoms with Gasteiger partial charge in [-0.2, -0.15) is 0 Å². The van der Waals surface area contributed by atoms with Gasteiger partial charge in [0.25, 0.3) is 0 Å². The van der Waals surface area contributed by atoms with E-state index in [1.807, 2.05) is 0 Å². The minimum atomic E-state index is -0.663. The number of carbonyl (C=O) groups is 2. The molecular weight excluding hydrogens is 827 g/mol. The van der Waals surface area contributed by atoms with Crippen molar-refractivity contribution in [1.82, 2.24) is 5.32 Å². The molecule has 0 aliphatic rings. The van der Waals surface area contributed by atoms with E-state index in [1.54, 1.807) is 0 Å². The number of nitrogens with one attached hydrogen (secondary N) is 1. The van der Waals surface area contributed by atoms with E-state index < -0.39 is 12.1 Å². The van der Waals surface area contributed by atoms with E-state index >= 15 is 0 Å². The number of aliphatic hydroxyl groups excluding tert-OH is 2. The smallest absolute Gasteiger partial charge is 0.305 e. The molecule has 0 aromatic heterocycles. The van der Waals surface area contributed by atoms with Crippen molar-refractivity contribution in [2.45, 2.75) is 353 Å². The summed E-state index contributed by atoms with van der Waals surface area (Å²) in [7, 11) is 0. The molecule has 398 valence electrons. The monoisotopic (exact) mass is 946 g/mol. The van der Waals surface area contributed by atoms with Gasteiger partial charge in [-0.3, -0.25) is 9.59 Å². The Morgan fingerprint density at radius 2 is 0.701 bits per heavy atom. The number of unbranched alkanes of at least 4 members (excludes halogenated alkanes) is 44. The molecule has 0 saturated carbocycles. The molecule has 0 fully saturated rings. The van der Waals surface area contributed by atoms with E-state index in [0.29, 0.717) is 25.9 Å². The first kappa shape index (κ1) is 65.6. The van der Waals surface area contributed by atoms with Crippen molar-refractivity contribution in [2.75, 3.05) is 13.2 Å². The van der Waals surface area contributed by atoms with E-state index in [4.69, 9.17) is 4.74 Å². The van der Waals surface area contributed by atoms with E-state index in [1.165, 1.54) is 263 Å². The zero-order valence-electron chi connectivity index (χ0n) is 45.4. The van der Waals surface area contributed by atoms with Gasteiger partial charge in [-0.25, -0.2) is 0 Å². The molecule has 2 unspecified atom stereocenters. The van der Waals surface area contributed by atoms with Crippen LogP contribution in [-0.2, 0) is 14.3 Å². The summed E-state index contributed by atoms with van der Waals surface area (Å²) in [5, 5.41) is 23.2. The maximum absolute atomic E-state index is 12.5. The van der Waals surface area contributed by atoms with Gasteiger partial charge < -0.3 is 20.3 Å². The number of aliphatic hydroxyl groups is 2. The quantitative estimate of drug-likeness (QED) is 0.0321. The first-order valence-corrected chi connectivity index (χ1v) is 30.4. The van der Waals surface area contributed by atoms with Crippen LogP contribution in [-0.4, -0.2) is 47.4 Å². The van der Waals surface area contributed by atoms with Crippen LogP contribution >= 0.6 is 0 Å². The van der Waals surface area contributed by atoms with Crippen LogP contribution in [0.1, 0.15) is 341 Å². The lowest BCUT2D eigenvalue weighted by molar-refractivity contribution is -0.143. The maximum Gasteiger partial charge on any atom is 0.305 e. The van der Waals surface area contributed by atoms with Gasteiger partial charge in [0.05, 0.1) is 25.4 Å². The van der Waals surface area contributed by atoms with E-state index in [0.717, 1.165) is 44.9 Å². The van der Waals surface area contributed by atoms with Crippen LogP contribution in [0.25, 0.3) is 0 Å². The number of hydrogen-bond donors (Lipinski definition) is 3. The predicted octanol–water partition coefficient (Wildman–Crippen LogP) is 18.9. The summed E-state index contributed by atoms with van der Waals surface area (Å²) in [6, 6.07) is -0.540. The molecule has 0 aliphatic heterocycles. The summed E-state index contributed by atoms with van der Waals surface area (Å²) < 4.78 is 5.48. The van der Waals surface area contributed by atoms with Gasteiger partial charge >= 0.3 is 5.97 Å². The van der Waals surface area contributed by atoms with Crippen molar-refractivity contribution < 1.29 is 24.5 Å². The molecule has 0 heterocycles. The maximum atomic E-state index is 12.5. The lowest BCUT2D eigenvalue weighted by Gasteiger charge is -2.22. The van der Waals surface area contributed by atoms with Crippen LogP contribution in [0.15, 0.2) is 12.2 Å². The fraction of sp³-hybridized carbons (Fsp3) is 0.934. The van der Waals surface area contributed by atoms with Crippen molar-refractivity contribution in [3.05, 3.63) is 12.2 Å². The molecule has 2 atom stereocenters. The lowest BCUT2D eigenvalue weighted by Crippen LogP contribution is -2.45. The fourth-order valence-corrected chi connectivity index (χ4v) is 9.64.